The number of phenolic OH excluding ortho intramolecular Hbond substituents is 1. The van der Waals surface area contributed by atoms with Gasteiger partial charge in [0.1, 0.15) is 17.0 Å². The Morgan fingerprint density at radius 1 is 1.16 bits per heavy atom. The highest BCUT2D eigenvalue weighted by atomic mass is 79.9. The minimum Gasteiger partial charge on any atom is -0.506 e. The van der Waals surface area contributed by atoms with Gasteiger partial charge >= 0.3 is 0 Å². The van der Waals surface area contributed by atoms with Crippen LogP contribution >= 0.6 is 31.9 Å². The number of oxazole rings is 1. The lowest BCUT2D eigenvalue weighted by Gasteiger charge is -2.03. The summed E-state index contributed by atoms with van der Waals surface area (Å²) in [5, 5.41) is 21.2. The molecule has 0 spiro atoms. The van der Waals surface area contributed by atoms with Gasteiger partial charge in [0.15, 0.2) is 5.58 Å². The van der Waals surface area contributed by atoms with Gasteiger partial charge in [-0.15, -0.1) is 0 Å². The molecule has 1 aromatic heterocycles. The van der Waals surface area contributed by atoms with Crippen LogP contribution in [0.2, 0.25) is 0 Å². The van der Waals surface area contributed by atoms with Crippen LogP contribution in [0.25, 0.3) is 22.6 Å². The van der Waals surface area contributed by atoms with Gasteiger partial charge in [-0.05, 0) is 68.3 Å². The number of rotatable bonds is 5. The van der Waals surface area contributed by atoms with E-state index in [2.05, 4.69) is 41.8 Å². The summed E-state index contributed by atoms with van der Waals surface area (Å²) in [6.45, 7) is 0. The van der Waals surface area contributed by atoms with E-state index < -0.39 is 4.92 Å². The SMILES string of the molecule is COc1ccc(-c2nc3cc(N=Cc4cc([N+](=O)[O-])cc(Br)c4O)ccc3o2)cc1Br. The van der Waals surface area contributed by atoms with Crippen molar-refractivity contribution in [3.8, 4) is 23.0 Å². The van der Waals surface area contributed by atoms with E-state index >= 15 is 0 Å². The van der Waals surface area contributed by atoms with E-state index in [9.17, 15) is 15.2 Å². The summed E-state index contributed by atoms with van der Waals surface area (Å²) in [5.41, 5.74) is 2.56. The second-order valence-corrected chi connectivity index (χ2v) is 8.11. The Labute approximate surface area is 192 Å². The highest BCUT2D eigenvalue weighted by molar-refractivity contribution is 9.10. The number of fused-ring (bicyclic) bond motifs is 1. The van der Waals surface area contributed by atoms with Crippen molar-refractivity contribution < 1.29 is 19.2 Å². The molecule has 8 nitrogen and oxygen atoms in total. The van der Waals surface area contributed by atoms with Crippen LogP contribution in [0.15, 0.2) is 66.9 Å². The zero-order valence-electron chi connectivity index (χ0n) is 15.9. The molecular formula is C21H13Br2N3O5. The molecule has 31 heavy (non-hydrogen) atoms. The number of nitrogens with zero attached hydrogens (tertiary/aromatic N) is 3. The van der Waals surface area contributed by atoms with Crippen molar-refractivity contribution in [2.75, 3.05) is 7.11 Å². The number of methoxy groups -OCH3 is 1. The van der Waals surface area contributed by atoms with Crippen LogP contribution in [0.1, 0.15) is 5.56 Å². The zero-order valence-corrected chi connectivity index (χ0v) is 19.0. The lowest BCUT2D eigenvalue weighted by molar-refractivity contribution is -0.385. The first-order valence-electron chi connectivity index (χ1n) is 8.81. The smallest absolute Gasteiger partial charge is 0.271 e. The molecule has 0 amide bonds. The van der Waals surface area contributed by atoms with E-state index in [4.69, 9.17) is 9.15 Å². The van der Waals surface area contributed by atoms with Gasteiger partial charge in [-0.1, -0.05) is 0 Å². The van der Waals surface area contributed by atoms with Crippen molar-refractivity contribution >= 4 is 60.5 Å². The molecule has 0 aliphatic heterocycles. The van der Waals surface area contributed by atoms with Gasteiger partial charge in [-0.3, -0.25) is 15.1 Å². The first-order valence-corrected chi connectivity index (χ1v) is 10.4. The Balaban J connectivity index is 1.66. The molecule has 1 heterocycles. The van der Waals surface area contributed by atoms with Gasteiger partial charge in [-0.2, -0.15) is 0 Å². The van der Waals surface area contributed by atoms with Crippen LogP contribution < -0.4 is 4.74 Å². The van der Waals surface area contributed by atoms with Crippen LogP contribution in [0.4, 0.5) is 11.4 Å². The number of phenols is 1. The summed E-state index contributed by atoms with van der Waals surface area (Å²) in [6.07, 6.45) is 1.36. The van der Waals surface area contributed by atoms with Crippen molar-refractivity contribution in [3.05, 3.63) is 73.2 Å². The average Bonchev–Trinajstić information content (AvgIpc) is 3.18. The minimum atomic E-state index is -0.540. The third-order valence-corrected chi connectivity index (χ3v) is 5.64. The number of aromatic hydroxyl groups is 1. The molecular weight excluding hydrogens is 534 g/mol. The maximum Gasteiger partial charge on any atom is 0.271 e. The van der Waals surface area contributed by atoms with Crippen molar-refractivity contribution in [2.24, 2.45) is 4.99 Å². The van der Waals surface area contributed by atoms with E-state index in [1.807, 2.05) is 18.2 Å². The summed E-state index contributed by atoms with van der Waals surface area (Å²) < 4.78 is 12.1. The number of halogens is 2. The van der Waals surface area contributed by atoms with Crippen LogP contribution in [0.3, 0.4) is 0 Å². The molecule has 0 atom stereocenters. The first-order chi connectivity index (χ1) is 14.9. The number of hydrogen-bond acceptors (Lipinski definition) is 7. The molecule has 3 aromatic carbocycles. The fourth-order valence-electron chi connectivity index (χ4n) is 2.87. The largest absolute Gasteiger partial charge is 0.506 e. The Bertz CT molecular complexity index is 1350. The van der Waals surface area contributed by atoms with Gasteiger partial charge in [0.25, 0.3) is 5.69 Å². The molecule has 0 bridgehead atoms. The fraction of sp³-hybridized carbons (Fsp3) is 0.0476. The summed E-state index contributed by atoms with van der Waals surface area (Å²) >= 11 is 6.56. The van der Waals surface area contributed by atoms with Gasteiger partial charge in [0.2, 0.25) is 5.89 Å². The van der Waals surface area contributed by atoms with E-state index in [0.717, 1.165) is 10.0 Å². The number of benzene rings is 3. The van der Waals surface area contributed by atoms with Crippen LogP contribution in [-0.4, -0.2) is 28.3 Å². The zero-order chi connectivity index (χ0) is 22.1. The number of aromatic nitrogens is 1. The normalized spacial score (nSPS) is 11.3. The molecule has 156 valence electrons. The lowest BCUT2D eigenvalue weighted by atomic mass is 10.2. The monoisotopic (exact) mass is 545 g/mol. The number of nitro benzene ring substituents is 1. The molecule has 0 aliphatic rings. The highest BCUT2D eigenvalue weighted by Crippen LogP contribution is 2.34. The maximum absolute atomic E-state index is 11.0. The van der Waals surface area contributed by atoms with Crippen molar-refractivity contribution in [1.82, 2.24) is 4.98 Å². The van der Waals surface area contributed by atoms with Gasteiger partial charge in [0, 0.05) is 29.5 Å². The predicted molar refractivity (Wildman–Crippen MR) is 123 cm³/mol. The van der Waals surface area contributed by atoms with Crippen LogP contribution in [0.5, 0.6) is 11.5 Å². The van der Waals surface area contributed by atoms with Crippen molar-refractivity contribution in [2.45, 2.75) is 0 Å². The summed E-state index contributed by atoms with van der Waals surface area (Å²) in [6, 6.07) is 13.2. The molecule has 0 unspecified atom stereocenters. The molecule has 0 saturated heterocycles. The third kappa shape index (κ3) is 4.30. The van der Waals surface area contributed by atoms with Crippen molar-refractivity contribution in [1.29, 1.82) is 0 Å². The minimum absolute atomic E-state index is 0.135. The quantitative estimate of drug-likeness (QED) is 0.176. The lowest BCUT2D eigenvalue weighted by Crippen LogP contribution is -1.91. The first kappa shape index (κ1) is 21.0. The number of ether oxygens (including phenoxy) is 1. The molecule has 1 N–H and O–H groups in total. The molecule has 0 radical (unpaired) electrons. The highest BCUT2D eigenvalue weighted by Gasteiger charge is 2.14. The Hall–Kier alpha value is -3.24. The van der Waals surface area contributed by atoms with Crippen LogP contribution in [0, 0.1) is 10.1 Å². The molecule has 0 fully saturated rings. The standard InChI is InChI=1S/C21H13Br2N3O5/c1-30-18-4-2-11(7-15(18)22)21-25-17-8-13(3-5-19(17)31-21)24-10-12-6-14(26(28)29)9-16(23)20(12)27/h2-10,27H,1H3. The second kappa shape index (κ2) is 8.48. The second-order valence-electron chi connectivity index (χ2n) is 6.40. The number of non-ortho nitro benzene ring substituents is 1. The molecule has 0 aliphatic carbocycles. The van der Waals surface area contributed by atoms with Gasteiger partial charge in [0.05, 0.1) is 26.7 Å². The van der Waals surface area contributed by atoms with E-state index in [1.54, 1.807) is 25.3 Å². The molecule has 4 rings (SSSR count). The van der Waals surface area contributed by atoms with E-state index in [1.165, 1.54) is 18.3 Å². The Morgan fingerprint density at radius 3 is 2.68 bits per heavy atom. The van der Waals surface area contributed by atoms with Crippen molar-refractivity contribution in [3.63, 3.8) is 0 Å². The summed E-state index contributed by atoms with van der Waals surface area (Å²) in [5.74, 6) is 1.01. The Morgan fingerprint density at radius 2 is 1.97 bits per heavy atom. The number of nitro groups is 1. The fourth-order valence-corrected chi connectivity index (χ4v) is 3.88. The third-order valence-electron chi connectivity index (χ3n) is 4.41. The Kier molecular flexibility index (Phi) is 5.75. The van der Waals surface area contributed by atoms with Gasteiger partial charge < -0.3 is 14.3 Å². The molecule has 0 saturated carbocycles. The molecule has 10 heteroatoms. The summed E-state index contributed by atoms with van der Waals surface area (Å²) in [7, 11) is 1.59. The average molecular weight is 547 g/mol. The van der Waals surface area contributed by atoms with Crippen LogP contribution in [-0.2, 0) is 0 Å². The number of aliphatic imine (C=N–C) groups is 1. The van der Waals surface area contributed by atoms with E-state index in [0.29, 0.717) is 28.4 Å². The van der Waals surface area contributed by atoms with E-state index in [-0.39, 0.29) is 21.5 Å². The topological polar surface area (TPSA) is 111 Å². The number of hydrogen-bond donors (Lipinski definition) is 1. The maximum atomic E-state index is 11.0. The summed E-state index contributed by atoms with van der Waals surface area (Å²) in [4.78, 5) is 19.3. The molecule has 4 aromatic rings. The van der Waals surface area contributed by atoms with Gasteiger partial charge in [-0.25, -0.2) is 4.98 Å². The predicted octanol–water partition coefficient (Wildman–Crippen LogP) is 6.39.